The number of rotatable bonds is 7. The Labute approximate surface area is 192 Å². The van der Waals surface area contributed by atoms with E-state index in [1.54, 1.807) is 0 Å². The van der Waals surface area contributed by atoms with Crippen molar-refractivity contribution in [3.63, 3.8) is 0 Å². The second-order valence-electron chi connectivity index (χ2n) is 8.37. The molecule has 3 heterocycles. The van der Waals surface area contributed by atoms with E-state index < -0.39 is 112 Å². The quantitative estimate of drug-likeness (QED) is 0.154. The Hall–Kier alpha value is -0.640. The van der Waals surface area contributed by atoms with Crippen molar-refractivity contribution in [1.82, 2.24) is 0 Å². The zero-order valence-electron chi connectivity index (χ0n) is 17.7. The van der Waals surface area contributed by atoms with Gasteiger partial charge in [-0.3, -0.25) is 0 Å². The van der Waals surface area contributed by atoms with Gasteiger partial charge in [0, 0.05) is 0 Å². The normalized spacial score (nSPS) is 52.5. The summed E-state index contributed by atoms with van der Waals surface area (Å²) in [6, 6.07) is 0. The molecule has 3 aliphatic rings. The monoisotopic (exact) mass is 504 g/mol. The molecule has 16 heteroatoms. The summed E-state index contributed by atoms with van der Waals surface area (Å²) in [5.74, 6) is 0. The van der Waals surface area contributed by atoms with Gasteiger partial charge in [-0.25, -0.2) is 0 Å². The van der Waals surface area contributed by atoms with Crippen molar-refractivity contribution in [3.8, 4) is 0 Å². The van der Waals surface area contributed by atoms with Crippen molar-refractivity contribution in [1.29, 1.82) is 0 Å². The van der Waals surface area contributed by atoms with E-state index in [0.29, 0.717) is 0 Å². The minimum absolute atomic E-state index is 0.609. The molecule has 11 N–H and O–H groups in total. The predicted molar refractivity (Wildman–Crippen MR) is 101 cm³/mol. The molecule has 0 aromatic heterocycles. The highest BCUT2D eigenvalue weighted by Crippen LogP contribution is 2.29. The van der Waals surface area contributed by atoms with Crippen LogP contribution < -0.4 is 0 Å². The van der Waals surface area contributed by atoms with E-state index in [0.717, 1.165) is 0 Å². The van der Waals surface area contributed by atoms with Gasteiger partial charge in [-0.2, -0.15) is 0 Å². The van der Waals surface area contributed by atoms with Crippen LogP contribution in [-0.2, 0) is 23.7 Å². The molecule has 1 unspecified atom stereocenters. The molecule has 3 saturated heterocycles. The van der Waals surface area contributed by atoms with Crippen LogP contribution in [0.2, 0.25) is 0 Å². The van der Waals surface area contributed by atoms with E-state index >= 15 is 0 Å². The third-order valence-corrected chi connectivity index (χ3v) is 6.07. The van der Waals surface area contributed by atoms with Crippen molar-refractivity contribution in [2.24, 2.45) is 0 Å². The molecule has 0 amide bonds. The molecule has 15 atom stereocenters. The molecule has 0 aromatic carbocycles. The molecule has 3 aliphatic heterocycles. The zero-order valence-corrected chi connectivity index (χ0v) is 17.7. The number of aliphatic hydroxyl groups is 11. The number of aliphatic hydroxyl groups excluding tert-OH is 11. The summed E-state index contributed by atoms with van der Waals surface area (Å²) in [6.45, 7) is -2.06. The predicted octanol–water partition coefficient (Wildman–Crippen LogP) is -7.57. The SMILES string of the molecule is OC[C@H]1O[C@H](OC[C@H]2OC(O)[C@H](O)[C@@H](O[C@H]3O[C@H](CO)[C@@H](O)[C@H](O)[C@H]3O)[C@@H]2O)[C@H](O)[C@@H](O)[C@@H]1O. The van der Waals surface area contributed by atoms with Gasteiger partial charge in [0.25, 0.3) is 0 Å². The van der Waals surface area contributed by atoms with Crippen molar-refractivity contribution < 1.29 is 79.9 Å². The standard InChI is InChI=1S/C18H32O16/c19-1-4-7(21)10(24)12(26)17(32-4)30-3-6-9(23)15(14(28)16(29)31-6)34-18-13(27)11(25)8(22)5(2-20)33-18/h4-29H,1-3H2/t4-,5-,6-,7-,8-,9-,10+,11+,12-,13-,14-,15+,16?,17+,18-/m1/s1. The third kappa shape index (κ3) is 5.52. The van der Waals surface area contributed by atoms with Gasteiger partial charge in [0.1, 0.15) is 73.2 Å². The Kier molecular flexibility index (Phi) is 9.54. The fourth-order valence-electron chi connectivity index (χ4n) is 3.94. The van der Waals surface area contributed by atoms with Crippen LogP contribution in [0.3, 0.4) is 0 Å². The summed E-state index contributed by atoms with van der Waals surface area (Å²) in [4.78, 5) is 0. The largest absolute Gasteiger partial charge is 0.394 e. The van der Waals surface area contributed by atoms with Crippen molar-refractivity contribution in [3.05, 3.63) is 0 Å². The topological polar surface area (TPSA) is 269 Å². The third-order valence-electron chi connectivity index (χ3n) is 6.07. The molecular weight excluding hydrogens is 472 g/mol. The van der Waals surface area contributed by atoms with Crippen LogP contribution in [0.4, 0.5) is 0 Å². The first-order chi connectivity index (χ1) is 16.0. The molecule has 34 heavy (non-hydrogen) atoms. The average molecular weight is 504 g/mol. The molecule has 0 aliphatic carbocycles. The Morgan fingerprint density at radius 2 is 1.00 bits per heavy atom. The molecule has 3 fully saturated rings. The second kappa shape index (κ2) is 11.6. The van der Waals surface area contributed by atoms with Gasteiger partial charge < -0.3 is 79.9 Å². The lowest BCUT2D eigenvalue weighted by atomic mass is 9.97. The molecule has 0 saturated carbocycles. The number of hydrogen-bond donors (Lipinski definition) is 11. The summed E-state index contributed by atoms with van der Waals surface area (Å²) in [5.41, 5.74) is 0. The lowest BCUT2D eigenvalue weighted by Gasteiger charge is -2.45. The molecular formula is C18H32O16. The first-order valence-electron chi connectivity index (χ1n) is 10.6. The zero-order chi connectivity index (χ0) is 25.3. The van der Waals surface area contributed by atoms with Crippen molar-refractivity contribution >= 4 is 0 Å². The van der Waals surface area contributed by atoms with Gasteiger partial charge in [0.2, 0.25) is 0 Å². The summed E-state index contributed by atoms with van der Waals surface area (Å²) in [7, 11) is 0. The Balaban J connectivity index is 1.65. The van der Waals surface area contributed by atoms with Gasteiger partial charge in [-0.1, -0.05) is 0 Å². The van der Waals surface area contributed by atoms with E-state index in [2.05, 4.69) is 0 Å². The first-order valence-corrected chi connectivity index (χ1v) is 10.6. The molecule has 0 spiro atoms. The Morgan fingerprint density at radius 3 is 1.53 bits per heavy atom. The average Bonchev–Trinajstić information content (AvgIpc) is 2.82. The molecule has 0 bridgehead atoms. The fraction of sp³-hybridized carbons (Fsp3) is 1.00. The first kappa shape index (κ1) is 27.9. The van der Waals surface area contributed by atoms with Gasteiger partial charge in [-0.15, -0.1) is 0 Å². The van der Waals surface area contributed by atoms with Crippen LogP contribution in [0.5, 0.6) is 0 Å². The molecule has 0 radical (unpaired) electrons. The van der Waals surface area contributed by atoms with E-state index in [1.807, 2.05) is 0 Å². The van der Waals surface area contributed by atoms with E-state index in [-0.39, 0.29) is 0 Å². The maximum Gasteiger partial charge on any atom is 0.187 e. The summed E-state index contributed by atoms with van der Waals surface area (Å²) in [6.07, 6.45) is -24.9. The molecule has 200 valence electrons. The molecule has 0 aromatic rings. The van der Waals surface area contributed by atoms with Crippen LogP contribution in [0.25, 0.3) is 0 Å². The van der Waals surface area contributed by atoms with E-state index in [4.69, 9.17) is 23.7 Å². The maximum atomic E-state index is 10.6. The van der Waals surface area contributed by atoms with Gasteiger partial charge in [-0.05, 0) is 0 Å². The number of hydrogen-bond acceptors (Lipinski definition) is 16. The highest BCUT2D eigenvalue weighted by atomic mass is 16.7. The van der Waals surface area contributed by atoms with Gasteiger partial charge in [0.05, 0.1) is 19.8 Å². The Morgan fingerprint density at radius 1 is 0.500 bits per heavy atom. The summed E-state index contributed by atoms with van der Waals surface area (Å²) >= 11 is 0. The van der Waals surface area contributed by atoms with Gasteiger partial charge >= 0.3 is 0 Å². The van der Waals surface area contributed by atoms with Gasteiger partial charge in [0.15, 0.2) is 18.9 Å². The summed E-state index contributed by atoms with van der Waals surface area (Å²) in [5, 5.41) is 109. The number of ether oxygens (including phenoxy) is 5. The maximum absolute atomic E-state index is 10.6. The van der Waals surface area contributed by atoms with Crippen LogP contribution in [0.15, 0.2) is 0 Å². The fourth-order valence-corrected chi connectivity index (χ4v) is 3.94. The highest BCUT2D eigenvalue weighted by Gasteiger charge is 2.51. The smallest absolute Gasteiger partial charge is 0.187 e. The Bertz CT molecular complexity index is 637. The van der Waals surface area contributed by atoms with E-state index in [1.165, 1.54) is 0 Å². The lowest BCUT2D eigenvalue weighted by Crippen LogP contribution is -2.65. The second-order valence-corrected chi connectivity index (χ2v) is 8.37. The van der Waals surface area contributed by atoms with Crippen molar-refractivity contribution in [2.75, 3.05) is 19.8 Å². The minimum Gasteiger partial charge on any atom is -0.394 e. The van der Waals surface area contributed by atoms with Crippen LogP contribution in [-0.4, -0.2) is 168 Å². The minimum atomic E-state index is -1.93. The van der Waals surface area contributed by atoms with E-state index in [9.17, 15) is 56.2 Å². The lowest BCUT2D eigenvalue weighted by molar-refractivity contribution is -0.361. The molecule has 3 rings (SSSR count). The van der Waals surface area contributed by atoms with Crippen LogP contribution >= 0.6 is 0 Å². The van der Waals surface area contributed by atoms with Crippen LogP contribution in [0.1, 0.15) is 0 Å². The van der Waals surface area contributed by atoms with Crippen LogP contribution in [0, 0.1) is 0 Å². The summed E-state index contributed by atoms with van der Waals surface area (Å²) < 4.78 is 26.1. The molecule has 16 nitrogen and oxygen atoms in total. The van der Waals surface area contributed by atoms with Crippen molar-refractivity contribution in [2.45, 2.75) is 92.1 Å². The highest BCUT2D eigenvalue weighted by molar-refractivity contribution is 4.94.